The van der Waals surface area contributed by atoms with Crippen LogP contribution < -0.4 is 0 Å². The Kier molecular flexibility index (Phi) is 8.23. The van der Waals surface area contributed by atoms with E-state index >= 15 is 0 Å². The molecule has 0 aromatic carbocycles. The predicted octanol–water partition coefficient (Wildman–Crippen LogP) is 2.36. The van der Waals surface area contributed by atoms with Gasteiger partial charge in [0.2, 0.25) is 0 Å². The summed E-state index contributed by atoms with van der Waals surface area (Å²) in [6.45, 7) is 3.93. The fourth-order valence-electron chi connectivity index (χ4n) is 1.21. The zero-order valence-electron chi connectivity index (χ0n) is 11.2. The van der Waals surface area contributed by atoms with E-state index in [-0.39, 0.29) is 12.6 Å². The summed E-state index contributed by atoms with van der Waals surface area (Å²) in [5, 5.41) is 0. The van der Waals surface area contributed by atoms with E-state index in [0.29, 0.717) is 6.54 Å². The molecular weight excluding hydrogens is 280 g/mol. The van der Waals surface area contributed by atoms with Gasteiger partial charge >= 0.3 is 15.2 Å². The topological polar surface area (TPSA) is 74.3 Å². The molecule has 0 fully saturated rings. The Hall–Kier alpha value is -0.0000000000000000416. The summed E-state index contributed by atoms with van der Waals surface area (Å²) in [6.07, 6.45) is 1.54. The van der Waals surface area contributed by atoms with E-state index in [2.05, 4.69) is 6.58 Å². The third-order valence-electron chi connectivity index (χ3n) is 2.25. The number of hydrogen-bond donors (Lipinski definition) is 0. The van der Waals surface area contributed by atoms with Crippen LogP contribution in [0.5, 0.6) is 0 Å². The molecule has 7 nitrogen and oxygen atoms in total. The minimum absolute atomic E-state index is 0.0251. The van der Waals surface area contributed by atoms with Crippen molar-refractivity contribution in [2.75, 3.05) is 47.6 Å². The summed E-state index contributed by atoms with van der Waals surface area (Å²) < 4.78 is 43.3. The number of nitrogens with zero attached hydrogens (tertiary/aromatic N) is 1. The van der Waals surface area contributed by atoms with Gasteiger partial charge in [-0.3, -0.25) is 14.0 Å². The molecule has 0 aliphatic heterocycles. The van der Waals surface area contributed by atoms with Crippen LogP contribution in [0.25, 0.3) is 0 Å². The molecule has 0 aliphatic carbocycles. The fraction of sp³-hybridized carbons (Fsp3) is 0.778. The average molecular weight is 301 g/mol. The van der Waals surface area contributed by atoms with Gasteiger partial charge < -0.3 is 18.1 Å². The molecule has 0 atom stereocenters. The first-order valence-corrected chi connectivity index (χ1v) is 8.58. The first-order valence-electron chi connectivity index (χ1n) is 5.13. The van der Waals surface area contributed by atoms with Gasteiger partial charge in [-0.05, 0) is 0 Å². The summed E-state index contributed by atoms with van der Waals surface area (Å²) in [6, 6.07) is 0. The molecule has 0 N–H and O–H groups in total. The van der Waals surface area contributed by atoms with Gasteiger partial charge in [0.05, 0.1) is 0 Å². The van der Waals surface area contributed by atoms with E-state index in [1.807, 2.05) is 0 Å². The molecule has 0 heterocycles. The molecule has 0 aromatic rings. The van der Waals surface area contributed by atoms with Crippen LogP contribution in [0.3, 0.4) is 0 Å². The molecule has 0 unspecified atom stereocenters. The average Bonchev–Trinajstić information content (AvgIpc) is 2.38. The van der Waals surface area contributed by atoms with Gasteiger partial charge in [-0.25, -0.2) is 0 Å². The Morgan fingerprint density at radius 1 is 0.944 bits per heavy atom. The second-order valence-electron chi connectivity index (χ2n) is 3.38. The maximum absolute atomic E-state index is 12.0. The van der Waals surface area contributed by atoms with Crippen LogP contribution in [-0.4, -0.2) is 52.5 Å². The lowest BCUT2D eigenvalue weighted by Crippen LogP contribution is -2.27. The molecule has 0 saturated carbocycles. The van der Waals surface area contributed by atoms with Gasteiger partial charge in [0.15, 0.2) is 0 Å². The molecule has 0 spiro atoms. The van der Waals surface area contributed by atoms with E-state index in [9.17, 15) is 9.13 Å². The summed E-state index contributed by atoms with van der Waals surface area (Å²) >= 11 is 0. The number of rotatable bonds is 10. The first-order chi connectivity index (χ1) is 8.38. The molecule has 0 aromatic heterocycles. The summed E-state index contributed by atoms with van der Waals surface area (Å²) in [5.41, 5.74) is 0. The van der Waals surface area contributed by atoms with Crippen LogP contribution in [0.15, 0.2) is 12.7 Å². The quantitative estimate of drug-likeness (QED) is 0.453. The van der Waals surface area contributed by atoms with Crippen LogP contribution >= 0.6 is 15.2 Å². The zero-order chi connectivity index (χ0) is 14.2. The van der Waals surface area contributed by atoms with E-state index in [4.69, 9.17) is 18.1 Å². The molecule has 18 heavy (non-hydrogen) atoms. The SMILES string of the molecule is C=CCN(CP(=O)(OC)OC)CP(=O)(OC)OC. The maximum Gasteiger partial charge on any atom is 0.344 e. The summed E-state index contributed by atoms with van der Waals surface area (Å²) in [7, 11) is -1.28. The molecule has 108 valence electrons. The molecule has 0 radical (unpaired) electrons. The van der Waals surface area contributed by atoms with Crippen LogP contribution in [0.2, 0.25) is 0 Å². The maximum atomic E-state index is 12.0. The molecule has 0 amide bonds. The fourth-order valence-corrected chi connectivity index (χ4v) is 3.54. The van der Waals surface area contributed by atoms with Crippen molar-refractivity contribution < 1.29 is 27.2 Å². The molecule has 0 rings (SSSR count). The van der Waals surface area contributed by atoms with Crippen LogP contribution in [0, 0.1) is 0 Å². The molecule has 0 saturated heterocycles. The van der Waals surface area contributed by atoms with E-state index in [0.717, 1.165) is 0 Å². The molecule has 0 aliphatic rings. The van der Waals surface area contributed by atoms with E-state index < -0.39 is 15.2 Å². The minimum atomic E-state index is -3.23. The second-order valence-corrected chi connectivity index (χ2v) is 7.85. The van der Waals surface area contributed by atoms with Gasteiger partial charge in [-0.2, -0.15) is 0 Å². The highest BCUT2D eigenvalue weighted by Crippen LogP contribution is 2.51. The van der Waals surface area contributed by atoms with Crippen molar-refractivity contribution in [3.63, 3.8) is 0 Å². The Morgan fingerprint density at radius 2 is 1.28 bits per heavy atom. The highest BCUT2D eigenvalue weighted by molar-refractivity contribution is 7.54. The second kappa shape index (κ2) is 8.23. The lowest BCUT2D eigenvalue weighted by atomic mass is 10.6. The predicted molar refractivity (Wildman–Crippen MR) is 69.9 cm³/mol. The van der Waals surface area contributed by atoms with Crippen molar-refractivity contribution in [1.29, 1.82) is 0 Å². The van der Waals surface area contributed by atoms with Gasteiger partial charge in [-0.15, -0.1) is 6.58 Å². The van der Waals surface area contributed by atoms with Crippen molar-refractivity contribution >= 4 is 15.2 Å². The monoisotopic (exact) mass is 301 g/mol. The van der Waals surface area contributed by atoms with Gasteiger partial charge in [0.25, 0.3) is 0 Å². The van der Waals surface area contributed by atoms with E-state index in [1.54, 1.807) is 11.0 Å². The van der Waals surface area contributed by atoms with Gasteiger partial charge in [0, 0.05) is 35.0 Å². The summed E-state index contributed by atoms with van der Waals surface area (Å²) in [4.78, 5) is 1.58. The highest BCUT2D eigenvalue weighted by atomic mass is 31.2. The van der Waals surface area contributed by atoms with Crippen molar-refractivity contribution in [2.45, 2.75) is 0 Å². The van der Waals surface area contributed by atoms with Gasteiger partial charge in [0.1, 0.15) is 12.6 Å². The van der Waals surface area contributed by atoms with Gasteiger partial charge in [-0.1, -0.05) is 6.08 Å². The van der Waals surface area contributed by atoms with E-state index in [1.165, 1.54) is 28.4 Å². The minimum Gasteiger partial charge on any atom is -0.311 e. The van der Waals surface area contributed by atoms with Crippen LogP contribution in [0.1, 0.15) is 0 Å². The smallest absolute Gasteiger partial charge is 0.311 e. The zero-order valence-corrected chi connectivity index (χ0v) is 13.0. The third kappa shape index (κ3) is 5.76. The van der Waals surface area contributed by atoms with Crippen LogP contribution in [0.4, 0.5) is 0 Å². The Bertz CT molecular complexity index is 304. The Balaban J connectivity index is 4.82. The van der Waals surface area contributed by atoms with Crippen LogP contribution in [-0.2, 0) is 27.2 Å². The first kappa shape index (κ1) is 18.0. The van der Waals surface area contributed by atoms with Crippen molar-refractivity contribution in [3.05, 3.63) is 12.7 Å². The summed E-state index contributed by atoms with van der Waals surface area (Å²) in [5.74, 6) is 0. The molecule has 0 bridgehead atoms. The largest absolute Gasteiger partial charge is 0.344 e. The third-order valence-corrected chi connectivity index (χ3v) is 5.96. The molecular formula is C9H21NO6P2. The standard InChI is InChI=1S/C9H21NO6P2/c1-6-7-10(8-17(11,13-2)14-3)9-18(12,15-4)16-5/h6H,1,7-9H2,2-5H3. The lowest BCUT2D eigenvalue weighted by Gasteiger charge is -2.26. The van der Waals surface area contributed by atoms with Crippen molar-refractivity contribution in [2.24, 2.45) is 0 Å². The van der Waals surface area contributed by atoms with Crippen molar-refractivity contribution in [1.82, 2.24) is 4.90 Å². The Morgan fingerprint density at radius 3 is 1.50 bits per heavy atom. The normalized spacial score (nSPS) is 12.9. The number of hydrogen-bond acceptors (Lipinski definition) is 7. The lowest BCUT2D eigenvalue weighted by molar-refractivity contribution is 0.230. The molecule has 9 heteroatoms. The highest BCUT2D eigenvalue weighted by Gasteiger charge is 2.30. The van der Waals surface area contributed by atoms with Crippen molar-refractivity contribution in [3.8, 4) is 0 Å². The Labute approximate surface area is 108 Å².